The molecular formula is C15H31ClN2. The largest absolute Gasteiger partial charge is 1.00 e. The minimum Gasteiger partial charge on any atom is -1.00 e. The Bertz CT molecular complexity index is 199. The Morgan fingerprint density at radius 3 is 1.61 bits per heavy atom. The summed E-state index contributed by atoms with van der Waals surface area (Å²) >= 11 is 0. The van der Waals surface area contributed by atoms with Gasteiger partial charge in [-0.05, 0) is 25.7 Å². The highest BCUT2D eigenvalue weighted by atomic mass is 35.5. The molecule has 0 atom stereocenters. The molecular weight excluding hydrogens is 244 g/mol. The lowest BCUT2D eigenvalue weighted by atomic mass is 10.1. The first-order valence-electron chi connectivity index (χ1n) is 7.39. The molecule has 3 heteroatoms. The van der Waals surface area contributed by atoms with Gasteiger partial charge in [-0.25, -0.2) is 0 Å². The van der Waals surface area contributed by atoms with Gasteiger partial charge in [0.25, 0.3) is 0 Å². The van der Waals surface area contributed by atoms with E-state index in [1.54, 1.807) is 0 Å². The standard InChI is InChI=1S/C15H31N2.ClH/c1-4-6-8-10-13-17(3,15-12-16)14-11-9-7-5-2;/h4-11,13-15H2,1-3H3;1H/q+1;/p-1. The molecule has 0 radical (unpaired) electrons. The molecule has 0 aliphatic heterocycles. The number of hydrogen-bond acceptors (Lipinski definition) is 1. The van der Waals surface area contributed by atoms with Crippen LogP contribution < -0.4 is 12.4 Å². The van der Waals surface area contributed by atoms with Crippen molar-refractivity contribution in [1.82, 2.24) is 0 Å². The molecule has 108 valence electrons. The summed E-state index contributed by atoms with van der Waals surface area (Å²) in [5.41, 5.74) is 0. The van der Waals surface area contributed by atoms with Gasteiger partial charge in [0.2, 0.25) is 0 Å². The number of halogens is 1. The molecule has 0 N–H and O–H groups in total. The van der Waals surface area contributed by atoms with Crippen LogP contribution in [-0.4, -0.2) is 31.2 Å². The number of quaternary nitrogens is 1. The van der Waals surface area contributed by atoms with E-state index in [-0.39, 0.29) is 12.4 Å². The van der Waals surface area contributed by atoms with Crippen molar-refractivity contribution in [3.05, 3.63) is 0 Å². The first-order valence-corrected chi connectivity index (χ1v) is 7.39. The maximum Gasteiger partial charge on any atom is 0.166 e. The van der Waals surface area contributed by atoms with Gasteiger partial charge in [0.15, 0.2) is 6.54 Å². The summed E-state index contributed by atoms with van der Waals surface area (Å²) in [7, 11) is 2.25. The van der Waals surface area contributed by atoms with Crippen LogP contribution in [0.1, 0.15) is 65.2 Å². The number of rotatable bonds is 11. The minimum atomic E-state index is 0. The minimum absolute atomic E-state index is 0. The quantitative estimate of drug-likeness (QED) is 0.315. The van der Waals surface area contributed by atoms with Gasteiger partial charge in [0, 0.05) is 0 Å². The Morgan fingerprint density at radius 2 is 1.28 bits per heavy atom. The number of unbranched alkanes of at least 4 members (excludes halogenated alkanes) is 6. The molecule has 2 nitrogen and oxygen atoms in total. The number of hydrogen-bond donors (Lipinski definition) is 0. The monoisotopic (exact) mass is 274 g/mol. The normalized spacial score (nSPS) is 10.8. The van der Waals surface area contributed by atoms with Crippen molar-refractivity contribution < 1.29 is 16.9 Å². The highest BCUT2D eigenvalue weighted by Gasteiger charge is 2.19. The van der Waals surface area contributed by atoms with Crippen molar-refractivity contribution in [2.75, 3.05) is 26.7 Å². The third kappa shape index (κ3) is 10.9. The van der Waals surface area contributed by atoms with Crippen molar-refractivity contribution in [3.8, 4) is 6.07 Å². The van der Waals surface area contributed by atoms with Crippen molar-refractivity contribution in [1.29, 1.82) is 5.26 Å². The molecule has 0 aliphatic carbocycles. The lowest BCUT2D eigenvalue weighted by Crippen LogP contribution is -3.00. The second-order valence-electron chi connectivity index (χ2n) is 5.50. The van der Waals surface area contributed by atoms with Gasteiger partial charge in [0.1, 0.15) is 6.07 Å². The fraction of sp³-hybridized carbons (Fsp3) is 0.933. The Kier molecular flexibility index (Phi) is 14.7. The molecule has 0 aromatic heterocycles. The smallest absolute Gasteiger partial charge is 0.166 e. The number of nitriles is 1. The van der Waals surface area contributed by atoms with E-state index in [1.165, 1.54) is 64.5 Å². The molecule has 0 heterocycles. The third-order valence-corrected chi connectivity index (χ3v) is 3.56. The molecule has 0 amide bonds. The van der Waals surface area contributed by atoms with E-state index in [0.717, 1.165) is 4.48 Å². The van der Waals surface area contributed by atoms with Crippen LogP contribution in [0.3, 0.4) is 0 Å². The third-order valence-electron chi connectivity index (χ3n) is 3.56. The second kappa shape index (κ2) is 13.2. The molecule has 0 aliphatic rings. The highest BCUT2D eigenvalue weighted by molar-refractivity contribution is 4.68. The van der Waals surface area contributed by atoms with Gasteiger partial charge in [-0.1, -0.05) is 39.5 Å². The molecule has 0 unspecified atom stereocenters. The van der Waals surface area contributed by atoms with Gasteiger partial charge < -0.3 is 16.9 Å². The average molecular weight is 275 g/mol. The zero-order valence-electron chi connectivity index (χ0n) is 12.6. The van der Waals surface area contributed by atoms with Crippen LogP contribution in [0, 0.1) is 11.3 Å². The van der Waals surface area contributed by atoms with Crippen LogP contribution in [-0.2, 0) is 0 Å². The zero-order valence-corrected chi connectivity index (χ0v) is 13.3. The van der Waals surface area contributed by atoms with Crippen LogP contribution >= 0.6 is 0 Å². The molecule has 0 rings (SSSR count). The molecule has 0 saturated heterocycles. The number of nitrogens with zero attached hydrogens (tertiary/aromatic N) is 2. The predicted octanol–water partition coefficient (Wildman–Crippen LogP) is 1.12. The van der Waals surface area contributed by atoms with E-state index < -0.39 is 0 Å². The van der Waals surface area contributed by atoms with E-state index in [0.29, 0.717) is 6.54 Å². The van der Waals surface area contributed by atoms with Gasteiger partial charge in [-0.2, -0.15) is 5.26 Å². The molecule has 0 fully saturated rings. The summed E-state index contributed by atoms with van der Waals surface area (Å²) in [5, 5.41) is 8.94. The molecule has 0 bridgehead atoms. The molecule has 0 saturated carbocycles. The molecule has 0 aromatic carbocycles. The summed E-state index contributed by atoms with van der Waals surface area (Å²) < 4.78 is 0.962. The lowest BCUT2D eigenvalue weighted by Gasteiger charge is -2.32. The van der Waals surface area contributed by atoms with Crippen molar-refractivity contribution in [3.63, 3.8) is 0 Å². The van der Waals surface area contributed by atoms with Gasteiger partial charge >= 0.3 is 0 Å². The molecule has 0 aromatic rings. The van der Waals surface area contributed by atoms with Crippen LogP contribution in [0.4, 0.5) is 0 Å². The van der Waals surface area contributed by atoms with Crippen molar-refractivity contribution >= 4 is 0 Å². The van der Waals surface area contributed by atoms with E-state index in [2.05, 4.69) is 27.0 Å². The van der Waals surface area contributed by atoms with E-state index in [4.69, 9.17) is 5.26 Å². The van der Waals surface area contributed by atoms with Gasteiger partial charge in [-0.3, -0.25) is 0 Å². The Hall–Kier alpha value is -0.260. The maximum absolute atomic E-state index is 8.94. The van der Waals surface area contributed by atoms with Crippen molar-refractivity contribution in [2.45, 2.75) is 65.2 Å². The zero-order chi connectivity index (χ0) is 13.0. The van der Waals surface area contributed by atoms with E-state index in [1.807, 2.05) is 0 Å². The fourth-order valence-corrected chi connectivity index (χ4v) is 2.28. The summed E-state index contributed by atoms with van der Waals surface area (Å²) in [6, 6.07) is 2.36. The van der Waals surface area contributed by atoms with E-state index in [9.17, 15) is 0 Å². The predicted molar refractivity (Wildman–Crippen MR) is 74.7 cm³/mol. The summed E-state index contributed by atoms with van der Waals surface area (Å²) in [6.45, 7) is 7.53. The molecule has 18 heavy (non-hydrogen) atoms. The summed E-state index contributed by atoms with van der Waals surface area (Å²) in [5.74, 6) is 0. The van der Waals surface area contributed by atoms with Crippen LogP contribution in [0.2, 0.25) is 0 Å². The highest BCUT2D eigenvalue weighted by Crippen LogP contribution is 2.11. The Labute approximate surface area is 120 Å². The van der Waals surface area contributed by atoms with Crippen molar-refractivity contribution in [2.24, 2.45) is 0 Å². The van der Waals surface area contributed by atoms with Gasteiger partial charge in [0.05, 0.1) is 20.1 Å². The average Bonchev–Trinajstić information content (AvgIpc) is 2.31. The van der Waals surface area contributed by atoms with Crippen LogP contribution in [0.25, 0.3) is 0 Å². The maximum atomic E-state index is 8.94. The first kappa shape index (κ1) is 20.1. The van der Waals surface area contributed by atoms with Gasteiger partial charge in [-0.15, -0.1) is 0 Å². The topological polar surface area (TPSA) is 23.8 Å². The second-order valence-corrected chi connectivity index (χ2v) is 5.50. The molecule has 0 spiro atoms. The fourth-order valence-electron chi connectivity index (χ4n) is 2.28. The Balaban J connectivity index is 0. The summed E-state index contributed by atoms with van der Waals surface area (Å²) in [6.07, 6.45) is 10.5. The first-order chi connectivity index (χ1) is 8.18. The van der Waals surface area contributed by atoms with Crippen LogP contribution in [0.15, 0.2) is 0 Å². The lowest BCUT2D eigenvalue weighted by molar-refractivity contribution is -0.903. The van der Waals surface area contributed by atoms with E-state index >= 15 is 0 Å². The van der Waals surface area contributed by atoms with Crippen LogP contribution in [0.5, 0.6) is 0 Å². The SMILES string of the molecule is CCCCCC[N+](C)(CC#N)CCCCCC.[Cl-]. The Morgan fingerprint density at radius 1 is 0.833 bits per heavy atom. The summed E-state index contributed by atoms with van der Waals surface area (Å²) in [4.78, 5) is 0.